The van der Waals surface area contributed by atoms with Gasteiger partial charge in [0.15, 0.2) is 5.82 Å². The number of anilines is 2. The molecule has 0 unspecified atom stereocenters. The van der Waals surface area contributed by atoms with Crippen LogP contribution >= 0.6 is 0 Å². The van der Waals surface area contributed by atoms with Crippen molar-refractivity contribution >= 4 is 22.4 Å². The van der Waals surface area contributed by atoms with Crippen LogP contribution < -0.4 is 5.32 Å². The van der Waals surface area contributed by atoms with Gasteiger partial charge in [0.05, 0.1) is 17.3 Å². The van der Waals surface area contributed by atoms with Crippen LogP contribution in [0.25, 0.3) is 22.0 Å². The van der Waals surface area contributed by atoms with Crippen LogP contribution in [0.5, 0.6) is 0 Å². The highest BCUT2D eigenvalue weighted by atomic mass is 19.4. The molecule has 0 saturated heterocycles. The Hall–Kier alpha value is -3.48. The molecule has 0 spiro atoms. The minimum atomic E-state index is -4.36. The average Bonchev–Trinajstić information content (AvgIpc) is 2.67. The molecule has 4 rings (SSSR count). The van der Waals surface area contributed by atoms with Crippen LogP contribution in [0.15, 0.2) is 73.1 Å². The molecule has 7 heteroatoms. The van der Waals surface area contributed by atoms with Gasteiger partial charge < -0.3 is 5.32 Å². The molecule has 0 aliphatic heterocycles. The number of nitrogens with zero attached hydrogens (tertiary/aromatic N) is 3. The molecule has 0 radical (unpaired) electrons. The average molecular weight is 366 g/mol. The van der Waals surface area contributed by atoms with Crippen molar-refractivity contribution in [2.45, 2.75) is 6.18 Å². The maximum atomic E-state index is 12.7. The Bertz CT molecular complexity index is 1090. The van der Waals surface area contributed by atoms with E-state index in [4.69, 9.17) is 0 Å². The van der Waals surface area contributed by atoms with E-state index in [0.717, 1.165) is 34.2 Å². The number of fused-ring (bicyclic) bond motifs is 1. The van der Waals surface area contributed by atoms with Crippen molar-refractivity contribution in [3.63, 3.8) is 0 Å². The molecule has 27 heavy (non-hydrogen) atoms. The van der Waals surface area contributed by atoms with E-state index in [9.17, 15) is 13.2 Å². The molecule has 0 aliphatic rings. The van der Waals surface area contributed by atoms with Crippen molar-refractivity contribution in [1.82, 2.24) is 15.2 Å². The highest BCUT2D eigenvalue weighted by Crippen LogP contribution is 2.31. The molecule has 0 aliphatic carbocycles. The number of rotatable bonds is 3. The van der Waals surface area contributed by atoms with Gasteiger partial charge in [-0.05, 0) is 36.4 Å². The number of benzene rings is 2. The maximum Gasteiger partial charge on any atom is 0.416 e. The molecule has 0 fully saturated rings. The van der Waals surface area contributed by atoms with Gasteiger partial charge in [-0.2, -0.15) is 18.3 Å². The predicted octanol–water partition coefficient (Wildman–Crippen LogP) is 5.45. The first-order valence-corrected chi connectivity index (χ1v) is 8.12. The number of hydrogen-bond acceptors (Lipinski definition) is 4. The van der Waals surface area contributed by atoms with Crippen molar-refractivity contribution in [2.75, 3.05) is 5.32 Å². The number of para-hydroxylation sites is 1. The zero-order chi connectivity index (χ0) is 18.9. The fourth-order valence-electron chi connectivity index (χ4n) is 2.80. The molecule has 0 saturated carbocycles. The van der Waals surface area contributed by atoms with E-state index in [1.165, 1.54) is 12.1 Å². The lowest BCUT2D eigenvalue weighted by molar-refractivity contribution is -0.137. The molecule has 2 aromatic carbocycles. The zero-order valence-corrected chi connectivity index (χ0v) is 13.9. The van der Waals surface area contributed by atoms with Crippen molar-refractivity contribution < 1.29 is 13.2 Å². The Morgan fingerprint density at radius 2 is 1.67 bits per heavy atom. The third-order valence-electron chi connectivity index (χ3n) is 4.08. The molecule has 1 N–H and O–H groups in total. The molecule has 4 nitrogen and oxygen atoms in total. The number of nitrogens with one attached hydrogen (secondary N) is 1. The lowest BCUT2D eigenvalue weighted by atomic mass is 10.0. The summed E-state index contributed by atoms with van der Waals surface area (Å²) in [5, 5.41) is 12.0. The first kappa shape index (κ1) is 17.0. The number of halogens is 3. The second-order valence-electron chi connectivity index (χ2n) is 5.91. The lowest BCUT2D eigenvalue weighted by Gasteiger charge is -2.10. The van der Waals surface area contributed by atoms with Crippen molar-refractivity contribution in [2.24, 2.45) is 0 Å². The normalized spacial score (nSPS) is 11.5. The molecule has 0 bridgehead atoms. The minimum Gasteiger partial charge on any atom is -0.339 e. The van der Waals surface area contributed by atoms with Crippen molar-refractivity contribution in [3.8, 4) is 11.1 Å². The monoisotopic (exact) mass is 366 g/mol. The fraction of sp³-hybridized carbons (Fsp3) is 0.0500. The van der Waals surface area contributed by atoms with E-state index in [2.05, 4.69) is 20.5 Å². The highest BCUT2D eigenvalue weighted by Gasteiger charge is 2.29. The smallest absolute Gasteiger partial charge is 0.339 e. The molecule has 0 atom stereocenters. The number of hydrogen-bond donors (Lipinski definition) is 1. The van der Waals surface area contributed by atoms with Gasteiger partial charge in [0.1, 0.15) is 0 Å². The standard InChI is InChI=1S/C20H13F3N4/c21-20(22,23)15-6-8-16(9-7-15)26-18-11-14(12-25-27-18)17-5-1-3-13-4-2-10-24-19(13)17/h1-12H,(H,26,27). The zero-order valence-electron chi connectivity index (χ0n) is 13.9. The largest absolute Gasteiger partial charge is 0.416 e. The van der Waals surface area contributed by atoms with Crippen LogP contribution in [-0.2, 0) is 6.18 Å². The number of pyridine rings is 1. The molecule has 2 heterocycles. The van der Waals surface area contributed by atoms with E-state index < -0.39 is 11.7 Å². The molecule has 134 valence electrons. The summed E-state index contributed by atoms with van der Waals surface area (Å²) in [7, 11) is 0. The van der Waals surface area contributed by atoms with Gasteiger partial charge in [-0.15, -0.1) is 5.10 Å². The first-order valence-electron chi connectivity index (χ1n) is 8.12. The summed E-state index contributed by atoms with van der Waals surface area (Å²) >= 11 is 0. The maximum absolute atomic E-state index is 12.7. The number of alkyl halides is 3. The third-order valence-corrected chi connectivity index (χ3v) is 4.08. The summed E-state index contributed by atoms with van der Waals surface area (Å²) in [6.07, 6.45) is -1.01. The van der Waals surface area contributed by atoms with E-state index in [1.54, 1.807) is 18.5 Å². The van der Waals surface area contributed by atoms with Gasteiger partial charge in [-0.25, -0.2) is 0 Å². The van der Waals surface area contributed by atoms with Gasteiger partial charge in [0.2, 0.25) is 0 Å². The van der Waals surface area contributed by atoms with Gasteiger partial charge in [0.25, 0.3) is 0 Å². The lowest BCUT2D eigenvalue weighted by Crippen LogP contribution is -2.04. The molecule has 0 amide bonds. The van der Waals surface area contributed by atoms with Crippen LogP contribution in [0.4, 0.5) is 24.7 Å². The molecule has 2 aromatic heterocycles. The Morgan fingerprint density at radius 1 is 0.889 bits per heavy atom. The quantitative estimate of drug-likeness (QED) is 0.523. The van der Waals surface area contributed by atoms with E-state index in [0.29, 0.717) is 11.5 Å². The summed E-state index contributed by atoms with van der Waals surface area (Å²) in [6.45, 7) is 0. The summed E-state index contributed by atoms with van der Waals surface area (Å²) in [5.74, 6) is 0.431. The van der Waals surface area contributed by atoms with Crippen LogP contribution in [0.1, 0.15) is 5.56 Å². The fourth-order valence-corrected chi connectivity index (χ4v) is 2.80. The SMILES string of the molecule is FC(F)(F)c1ccc(Nc2cc(-c3cccc4cccnc34)cnn2)cc1. The Kier molecular flexibility index (Phi) is 4.19. The minimum absolute atomic E-state index is 0.431. The summed E-state index contributed by atoms with van der Waals surface area (Å²) < 4.78 is 38.0. The Morgan fingerprint density at radius 3 is 2.44 bits per heavy atom. The first-order chi connectivity index (χ1) is 13.0. The highest BCUT2D eigenvalue weighted by molar-refractivity contribution is 5.93. The van der Waals surface area contributed by atoms with Crippen LogP contribution in [0.2, 0.25) is 0 Å². The summed E-state index contributed by atoms with van der Waals surface area (Å²) in [4.78, 5) is 4.43. The van der Waals surface area contributed by atoms with E-state index >= 15 is 0 Å². The second kappa shape index (κ2) is 6.68. The third kappa shape index (κ3) is 3.57. The van der Waals surface area contributed by atoms with Crippen molar-refractivity contribution in [3.05, 3.63) is 78.6 Å². The van der Waals surface area contributed by atoms with Crippen LogP contribution in [0.3, 0.4) is 0 Å². The van der Waals surface area contributed by atoms with Crippen LogP contribution in [0, 0.1) is 0 Å². The Balaban J connectivity index is 1.65. The van der Waals surface area contributed by atoms with Gasteiger partial charge in [-0.1, -0.05) is 24.3 Å². The van der Waals surface area contributed by atoms with Gasteiger partial charge in [0, 0.05) is 28.4 Å². The van der Waals surface area contributed by atoms with Gasteiger partial charge >= 0.3 is 6.18 Å². The summed E-state index contributed by atoms with van der Waals surface area (Å²) in [6, 6.07) is 16.2. The number of aromatic nitrogens is 3. The van der Waals surface area contributed by atoms with Crippen LogP contribution in [-0.4, -0.2) is 15.2 Å². The topological polar surface area (TPSA) is 50.7 Å². The molecular formula is C20H13F3N4. The van der Waals surface area contributed by atoms with Crippen molar-refractivity contribution in [1.29, 1.82) is 0 Å². The second-order valence-corrected chi connectivity index (χ2v) is 5.91. The predicted molar refractivity (Wildman–Crippen MR) is 97.5 cm³/mol. The summed E-state index contributed by atoms with van der Waals surface area (Å²) in [5.41, 5.74) is 2.34. The van der Waals surface area contributed by atoms with Gasteiger partial charge in [-0.3, -0.25) is 4.98 Å². The van der Waals surface area contributed by atoms with E-state index in [1.807, 2.05) is 30.3 Å². The molecular weight excluding hydrogens is 353 g/mol. The molecule has 4 aromatic rings. The Labute approximate surface area is 152 Å². The van der Waals surface area contributed by atoms with E-state index in [-0.39, 0.29) is 0 Å².